The zero-order valence-corrected chi connectivity index (χ0v) is 18.4. The van der Waals surface area contributed by atoms with Crippen molar-refractivity contribution < 1.29 is 0 Å². The molecule has 1 unspecified atom stereocenters. The van der Waals surface area contributed by atoms with Crippen LogP contribution in [-0.4, -0.2) is 59.9 Å². The molecule has 7 nitrogen and oxygen atoms in total. The highest BCUT2D eigenvalue weighted by atomic mass is 127. The summed E-state index contributed by atoms with van der Waals surface area (Å²) in [5.41, 5.74) is 0. The molecule has 140 valence electrons. The van der Waals surface area contributed by atoms with Crippen molar-refractivity contribution >= 4 is 41.3 Å². The number of rotatable bonds is 8. The first-order valence-electron chi connectivity index (χ1n) is 8.16. The predicted molar refractivity (Wildman–Crippen MR) is 115 cm³/mol. The number of thiophene rings is 1. The molecule has 0 bridgehead atoms. The van der Waals surface area contributed by atoms with Gasteiger partial charge in [-0.3, -0.25) is 4.99 Å². The number of halogens is 1. The van der Waals surface area contributed by atoms with Crippen LogP contribution in [0.15, 0.2) is 28.8 Å². The van der Waals surface area contributed by atoms with E-state index in [0.29, 0.717) is 6.04 Å². The summed E-state index contributed by atoms with van der Waals surface area (Å²) in [4.78, 5) is 7.87. The van der Waals surface area contributed by atoms with E-state index in [1.165, 1.54) is 4.88 Å². The number of hydrogen-bond donors (Lipinski definition) is 2. The standard InChI is InChI=1S/C16H27N7S.HI/c1-5-15-21-20-12-23(15)9-8-18-16(17-2)19-11-13(22(3)4)14-7-6-10-24-14;/h6-7,10,12-13H,5,8-9,11H2,1-4H3,(H2,17,18,19);1H. The number of aliphatic imine (C=N–C) groups is 1. The van der Waals surface area contributed by atoms with E-state index in [-0.39, 0.29) is 24.0 Å². The third-order valence-corrected chi connectivity index (χ3v) is 4.81. The molecule has 2 rings (SSSR count). The van der Waals surface area contributed by atoms with E-state index in [9.17, 15) is 0 Å². The SMILES string of the molecule is CCc1nncn1CCNC(=NC)NCC(c1cccs1)N(C)C.I. The fourth-order valence-corrected chi connectivity index (χ4v) is 3.39. The van der Waals surface area contributed by atoms with Crippen LogP contribution in [0, 0.1) is 0 Å². The molecule has 0 spiro atoms. The molecule has 0 aliphatic heterocycles. The highest BCUT2D eigenvalue weighted by Gasteiger charge is 2.15. The van der Waals surface area contributed by atoms with E-state index in [2.05, 4.69) is 73.8 Å². The van der Waals surface area contributed by atoms with E-state index >= 15 is 0 Å². The number of nitrogens with zero attached hydrogens (tertiary/aromatic N) is 5. The van der Waals surface area contributed by atoms with E-state index in [1.54, 1.807) is 24.7 Å². The molecule has 2 heterocycles. The summed E-state index contributed by atoms with van der Waals surface area (Å²) >= 11 is 1.78. The Hall–Kier alpha value is -1.20. The number of likely N-dealkylation sites (N-methyl/N-ethyl adjacent to an activating group) is 1. The minimum absolute atomic E-state index is 0. The van der Waals surface area contributed by atoms with Gasteiger partial charge in [0.05, 0.1) is 6.04 Å². The quantitative estimate of drug-likeness (QED) is 0.346. The van der Waals surface area contributed by atoms with Crippen LogP contribution in [0.4, 0.5) is 0 Å². The van der Waals surface area contributed by atoms with Crippen LogP contribution in [0.1, 0.15) is 23.7 Å². The zero-order chi connectivity index (χ0) is 17.4. The summed E-state index contributed by atoms with van der Waals surface area (Å²) in [6.07, 6.45) is 2.66. The molecular weight excluding hydrogens is 449 g/mol. The van der Waals surface area contributed by atoms with Gasteiger partial charge in [0.25, 0.3) is 0 Å². The minimum atomic E-state index is 0. The van der Waals surface area contributed by atoms with Crippen molar-refractivity contribution in [1.29, 1.82) is 0 Å². The van der Waals surface area contributed by atoms with Crippen molar-refractivity contribution in [2.24, 2.45) is 4.99 Å². The first-order chi connectivity index (χ1) is 11.7. The Morgan fingerprint density at radius 3 is 2.80 bits per heavy atom. The highest BCUT2D eigenvalue weighted by Crippen LogP contribution is 2.22. The fraction of sp³-hybridized carbons (Fsp3) is 0.562. The minimum Gasteiger partial charge on any atom is -0.355 e. The topological polar surface area (TPSA) is 70.4 Å². The van der Waals surface area contributed by atoms with Gasteiger partial charge in [0.1, 0.15) is 12.2 Å². The molecule has 0 aliphatic rings. The van der Waals surface area contributed by atoms with Crippen LogP contribution in [0.25, 0.3) is 0 Å². The lowest BCUT2D eigenvalue weighted by Gasteiger charge is -2.24. The van der Waals surface area contributed by atoms with Crippen molar-refractivity contribution in [2.75, 3.05) is 34.2 Å². The molecule has 2 aromatic heterocycles. The number of nitrogens with one attached hydrogen (secondary N) is 2. The van der Waals surface area contributed by atoms with Gasteiger partial charge in [0.2, 0.25) is 0 Å². The Bertz CT molecular complexity index is 624. The average Bonchev–Trinajstić information content (AvgIpc) is 3.24. The first kappa shape index (κ1) is 21.8. The summed E-state index contributed by atoms with van der Waals surface area (Å²) in [6.45, 7) is 4.48. The summed E-state index contributed by atoms with van der Waals surface area (Å²) < 4.78 is 2.06. The van der Waals surface area contributed by atoms with Crippen molar-refractivity contribution in [1.82, 2.24) is 30.3 Å². The zero-order valence-electron chi connectivity index (χ0n) is 15.3. The Morgan fingerprint density at radius 2 is 2.20 bits per heavy atom. The van der Waals surface area contributed by atoms with Crippen molar-refractivity contribution in [3.63, 3.8) is 0 Å². The molecular formula is C16H28IN7S. The lowest BCUT2D eigenvalue weighted by atomic mass is 10.2. The Kier molecular flexibility index (Phi) is 9.98. The molecule has 0 aromatic carbocycles. The second-order valence-electron chi connectivity index (χ2n) is 5.67. The number of aryl methyl sites for hydroxylation is 1. The molecule has 0 saturated carbocycles. The largest absolute Gasteiger partial charge is 0.355 e. The summed E-state index contributed by atoms with van der Waals surface area (Å²) in [5, 5.41) is 16.9. The van der Waals surface area contributed by atoms with Crippen molar-refractivity contribution in [2.45, 2.75) is 25.9 Å². The maximum absolute atomic E-state index is 4.30. The average molecular weight is 477 g/mol. The van der Waals surface area contributed by atoms with Gasteiger partial charge in [-0.05, 0) is 25.5 Å². The summed E-state index contributed by atoms with van der Waals surface area (Å²) in [5.74, 6) is 1.81. The van der Waals surface area contributed by atoms with Crippen LogP contribution in [-0.2, 0) is 13.0 Å². The van der Waals surface area contributed by atoms with Crippen LogP contribution in [0.2, 0.25) is 0 Å². The van der Waals surface area contributed by atoms with Crippen molar-refractivity contribution in [3.05, 3.63) is 34.5 Å². The molecule has 0 radical (unpaired) electrons. The van der Waals surface area contributed by atoms with Gasteiger partial charge in [0, 0.05) is 38.0 Å². The highest BCUT2D eigenvalue weighted by molar-refractivity contribution is 14.0. The molecule has 2 N–H and O–H groups in total. The van der Waals surface area contributed by atoms with E-state index in [0.717, 1.165) is 37.8 Å². The Balaban J connectivity index is 0.00000312. The lowest BCUT2D eigenvalue weighted by Crippen LogP contribution is -2.42. The van der Waals surface area contributed by atoms with Crippen LogP contribution >= 0.6 is 35.3 Å². The lowest BCUT2D eigenvalue weighted by molar-refractivity contribution is 0.302. The number of aromatic nitrogens is 3. The Labute approximate surface area is 171 Å². The Morgan fingerprint density at radius 1 is 1.40 bits per heavy atom. The molecule has 9 heteroatoms. The van der Waals surface area contributed by atoms with Gasteiger partial charge in [-0.2, -0.15) is 0 Å². The molecule has 0 amide bonds. The molecule has 0 fully saturated rings. The van der Waals surface area contributed by atoms with Gasteiger partial charge in [-0.1, -0.05) is 13.0 Å². The third kappa shape index (κ3) is 6.55. The summed E-state index contributed by atoms with van der Waals surface area (Å²) in [7, 11) is 5.99. The van der Waals surface area contributed by atoms with Crippen LogP contribution in [0.3, 0.4) is 0 Å². The van der Waals surface area contributed by atoms with Gasteiger partial charge in [0.15, 0.2) is 5.96 Å². The van der Waals surface area contributed by atoms with E-state index in [4.69, 9.17) is 0 Å². The third-order valence-electron chi connectivity index (χ3n) is 3.84. The first-order valence-corrected chi connectivity index (χ1v) is 9.04. The fourth-order valence-electron chi connectivity index (χ4n) is 2.47. The van der Waals surface area contributed by atoms with Gasteiger partial charge in [-0.15, -0.1) is 45.5 Å². The van der Waals surface area contributed by atoms with Crippen LogP contribution in [0.5, 0.6) is 0 Å². The molecule has 0 aliphatic carbocycles. The second-order valence-corrected chi connectivity index (χ2v) is 6.65. The number of hydrogen-bond acceptors (Lipinski definition) is 5. The monoisotopic (exact) mass is 477 g/mol. The van der Waals surface area contributed by atoms with Gasteiger partial charge in [-0.25, -0.2) is 0 Å². The molecule has 25 heavy (non-hydrogen) atoms. The summed E-state index contributed by atoms with van der Waals surface area (Å²) in [6, 6.07) is 4.59. The molecule has 1 atom stereocenters. The maximum atomic E-state index is 4.30. The van der Waals surface area contributed by atoms with Crippen LogP contribution < -0.4 is 10.6 Å². The van der Waals surface area contributed by atoms with E-state index < -0.39 is 0 Å². The number of guanidine groups is 1. The van der Waals surface area contributed by atoms with E-state index in [1.807, 2.05) is 0 Å². The molecule has 0 saturated heterocycles. The second kappa shape index (κ2) is 11.4. The smallest absolute Gasteiger partial charge is 0.191 e. The van der Waals surface area contributed by atoms with Crippen molar-refractivity contribution in [3.8, 4) is 0 Å². The normalized spacial score (nSPS) is 12.8. The molecule has 2 aromatic rings. The predicted octanol–water partition coefficient (Wildman–Crippen LogP) is 1.99. The maximum Gasteiger partial charge on any atom is 0.191 e. The van der Waals surface area contributed by atoms with Gasteiger partial charge < -0.3 is 20.1 Å². The van der Waals surface area contributed by atoms with Gasteiger partial charge >= 0.3 is 0 Å².